The lowest BCUT2D eigenvalue weighted by Crippen LogP contribution is -2.60. The first kappa shape index (κ1) is 44.7. The molecule has 50 heavy (non-hydrogen) atoms. The van der Waals surface area contributed by atoms with E-state index in [2.05, 4.69) is 11.1 Å². The molecule has 2 aliphatic heterocycles. The van der Waals surface area contributed by atoms with Crippen LogP contribution in [0.2, 0.25) is 0 Å². The minimum atomic E-state index is -1.91. The van der Waals surface area contributed by atoms with Crippen molar-refractivity contribution in [3.63, 3.8) is 0 Å². The standard InChI is InChI=1S/C36H62IN3O10/c1-13-14-17-40(11)26-19-22(3)48-33(29(26)42)49-31-24(5)28(41)25(6)32(44)50-34(37)36(8,45)30(43)23(4)27(21(2)20-35(31,7)46-12)38-47-18-15-16-39(9)10/h1,21-26,29-31,33-34,42-43,45H,14-20H2,2-12H3/b38-27+/t21-,22-,23+,24+,25?,26?,29-,30-,31-,33+,34+,35-,36+/m1/s1. The number of aliphatic hydroxyl groups is 3. The molecule has 13 atom stereocenters. The van der Waals surface area contributed by atoms with Crippen molar-refractivity contribution in [1.29, 1.82) is 0 Å². The van der Waals surface area contributed by atoms with Crippen molar-refractivity contribution in [2.45, 2.75) is 126 Å². The van der Waals surface area contributed by atoms with Crippen LogP contribution in [0.3, 0.4) is 0 Å². The van der Waals surface area contributed by atoms with Gasteiger partial charge >= 0.3 is 5.97 Å². The molecular weight excluding hydrogens is 761 g/mol. The number of likely N-dealkylation sites (N-methyl/N-ethyl adjacent to an activating group) is 1. The summed E-state index contributed by atoms with van der Waals surface area (Å²) in [5.41, 5.74) is -2.69. The molecule has 14 heteroatoms. The Morgan fingerprint density at radius 3 is 2.30 bits per heavy atom. The zero-order valence-corrected chi connectivity index (χ0v) is 34.0. The fourth-order valence-corrected chi connectivity index (χ4v) is 7.54. The maximum atomic E-state index is 14.1. The van der Waals surface area contributed by atoms with Crippen LogP contribution in [0.15, 0.2) is 5.16 Å². The number of nitrogens with zero attached hydrogens (tertiary/aromatic N) is 3. The fourth-order valence-electron chi connectivity index (χ4n) is 6.92. The van der Waals surface area contributed by atoms with E-state index in [1.165, 1.54) is 21.0 Å². The topological polar surface area (TPSA) is 160 Å². The first-order valence-electron chi connectivity index (χ1n) is 17.5. The summed E-state index contributed by atoms with van der Waals surface area (Å²) in [6.45, 7) is 13.5. The number of hydrogen-bond donors (Lipinski definition) is 3. The number of hydrogen-bond acceptors (Lipinski definition) is 13. The molecule has 2 fully saturated rings. The SMILES string of the molecule is C#CCCN(C)C1C[C@@H](C)O[C@@H](O[C@@H]2[C@@H](C)C(=O)C(C)C(=O)O[C@H](I)[C@@](C)(O)[C@H](O)[C@@H](C)/C(=N/OCCCN(C)C)[C@H](C)C[C@@]2(C)OC)[C@@H]1O. The molecule has 2 aliphatic rings. The summed E-state index contributed by atoms with van der Waals surface area (Å²) in [4.78, 5) is 37.2. The van der Waals surface area contributed by atoms with E-state index in [1.807, 2.05) is 44.8 Å². The van der Waals surface area contributed by atoms with Crippen LogP contribution in [0.1, 0.15) is 74.1 Å². The summed E-state index contributed by atoms with van der Waals surface area (Å²) in [5.74, 6) is -2.08. The van der Waals surface area contributed by atoms with Crippen molar-refractivity contribution in [2.24, 2.45) is 28.8 Å². The lowest BCUT2D eigenvalue weighted by molar-refractivity contribution is -0.295. The highest BCUT2D eigenvalue weighted by Gasteiger charge is 2.51. The van der Waals surface area contributed by atoms with Crippen LogP contribution in [0, 0.1) is 36.0 Å². The Morgan fingerprint density at radius 2 is 1.72 bits per heavy atom. The molecule has 3 N–H and O–H groups in total. The van der Waals surface area contributed by atoms with E-state index in [0.29, 0.717) is 38.1 Å². The number of Topliss-reactive ketones (excluding diaryl/α,β-unsaturated/α-hetero) is 1. The van der Waals surface area contributed by atoms with Gasteiger partial charge in [0.25, 0.3) is 0 Å². The van der Waals surface area contributed by atoms with E-state index in [9.17, 15) is 24.9 Å². The summed E-state index contributed by atoms with van der Waals surface area (Å²) in [6, 6.07) is -0.331. The summed E-state index contributed by atoms with van der Waals surface area (Å²) < 4.78 is 23.4. The minimum absolute atomic E-state index is 0.223. The fraction of sp³-hybridized carbons (Fsp3) is 0.861. The van der Waals surface area contributed by atoms with Crippen molar-refractivity contribution >= 4 is 40.1 Å². The lowest BCUT2D eigenvalue weighted by Gasteiger charge is -2.47. The van der Waals surface area contributed by atoms with Gasteiger partial charge in [0.2, 0.25) is 0 Å². The zero-order valence-electron chi connectivity index (χ0n) is 31.8. The number of cyclic esters (lactones) is 1. The van der Waals surface area contributed by atoms with Crippen LogP contribution in [-0.4, -0.2) is 143 Å². The molecule has 0 aliphatic carbocycles. The third kappa shape index (κ3) is 11.3. The van der Waals surface area contributed by atoms with Crippen molar-refractivity contribution in [1.82, 2.24) is 9.80 Å². The van der Waals surface area contributed by atoms with Crippen LogP contribution in [0.25, 0.3) is 0 Å². The highest BCUT2D eigenvalue weighted by Crippen LogP contribution is 2.39. The van der Waals surface area contributed by atoms with Crippen molar-refractivity contribution in [3.05, 3.63) is 0 Å². The molecule has 0 saturated carbocycles. The van der Waals surface area contributed by atoms with Crippen LogP contribution in [0.5, 0.6) is 0 Å². The average molecular weight is 824 g/mol. The van der Waals surface area contributed by atoms with Gasteiger partial charge in [0.05, 0.1) is 29.6 Å². The summed E-state index contributed by atoms with van der Waals surface area (Å²) in [7, 11) is 7.33. The number of alkyl halides is 1. The average Bonchev–Trinajstić information content (AvgIpc) is 3.06. The monoisotopic (exact) mass is 823 g/mol. The van der Waals surface area contributed by atoms with Crippen LogP contribution < -0.4 is 0 Å². The molecule has 0 aromatic rings. The smallest absolute Gasteiger partial charge is 0.317 e. The predicted molar refractivity (Wildman–Crippen MR) is 198 cm³/mol. The van der Waals surface area contributed by atoms with E-state index in [4.69, 9.17) is 30.2 Å². The number of carbonyl (C=O) groups is 2. The van der Waals surface area contributed by atoms with Gasteiger partial charge in [-0.05, 0) is 90.7 Å². The molecule has 0 bridgehead atoms. The Kier molecular flexibility index (Phi) is 17.5. The van der Waals surface area contributed by atoms with E-state index >= 15 is 0 Å². The Morgan fingerprint density at radius 1 is 1.08 bits per heavy atom. The molecule has 288 valence electrons. The van der Waals surface area contributed by atoms with E-state index in [-0.39, 0.29) is 18.6 Å². The van der Waals surface area contributed by atoms with Crippen molar-refractivity contribution in [3.8, 4) is 12.3 Å². The Hall–Kier alpha value is -1.42. The molecule has 13 nitrogen and oxygen atoms in total. The second-order valence-corrected chi connectivity index (χ2v) is 16.0. The van der Waals surface area contributed by atoms with Gasteiger partial charge in [-0.2, -0.15) is 0 Å². The second-order valence-electron chi connectivity index (χ2n) is 14.9. The maximum Gasteiger partial charge on any atom is 0.317 e. The second kappa shape index (κ2) is 19.6. The molecule has 0 aromatic carbocycles. The quantitative estimate of drug-likeness (QED) is 0.0533. The van der Waals surface area contributed by atoms with E-state index in [1.54, 1.807) is 43.4 Å². The molecule has 0 spiro atoms. The van der Waals surface area contributed by atoms with Gasteiger partial charge in [0.15, 0.2) is 16.2 Å². The highest BCUT2D eigenvalue weighted by molar-refractivity contribution is 14.1. The Labute approximate surface area is 312 Å². The largest absolute Gasteiger partial charge is 0.448 e. The number of carbonyl (C=O) groups excluding carboxylic acids is 2. The minimum Gasteiger partial charge on any atom is -0.448 e. The van der Waals surface area contributed by atoms with Crippen molar-refractivity contribution < 1.29 is 48.7 Å². The van der Waals surface area contributed by atoms with E-state index in [0.717, 1.165) is 6.54 Å². The van der Waals surface area contributed by atoms with Gasteiger partial charge in [-0.3, -0.25) is 14.5 Å². The normalized spacial score (nSPS) is 40.4. The molecule has 2 unspecified atom stereocenters. The zero-order chi connectivity index (χ0) is 38.1. The maximum absolute atomic E-state index is 14.1. The number of aliphatic hydroxyl groups excluding tert-OH is 2. The third-order valence-electron chi connectivity index (χ3n) is 10.3. The van der Waals surface area contributed by atoms with Gasteiger partial charge in [0.1, 0.15) is 24.2 Å². The number of ketones is 1. The van der Waals surface area contributed by atoms with Crippen LogP contribution in [0.4, 0.5) is 0 Å². The number of ether oxygens (including phenoxy) is 4. The number of halogens is 1. The van der Waals surface area contributed by atoms with Gasteiger partial charge in [-0.1, -0.05) is 25.9 Å². The Bertz CT molecular complexity index is 1180. The Balaban J connectivity index is 2.65. The molecule has 0 aromatic heterocycles. The first-order valence-corrected chi connectivity index (χ1v) is 18.8. The summed E-state index contributed by atoms with van der Waals surface area (Å²) in [6.07, 6.45) is 2.51. The molecule has 2 saturated heterocycles. The molecule has 2 heterocycles. The van der Waals surface area contributed by atoms with Crippen LogP contribution in [-0.2, 0) is 33.4 Å². The lowest BCUT2D eigenvalue weighted by atomic mass is 9.75. The van der Waals surface area contributed by atoms with Gasteiger partial charge in [-0.15, -0.1) is 12.3 Å². The molecule has 0 radical (unpaired) electrons. The first-order chi connectivity index (χ1) is 23.2. The van der Waals surface area contributed by atoms with Gasteiger partial charge in [0, 0.05) is 50.4 Å². The van der Waals surface area contributed by atoms with Gasteiger partial charge in [-0.25, -0.2) is 0 Å². The molecule has 0 amide bonds. The third-order valence-corrected chi connectivity index (χ3v) is 11.8. The highest BCUT2D eigenvalue weighted by atomic mass is 127. The van der Waals surface area contributed by atoms with E-state index < -0.39 is 75.3 Å². The molecular formula is C36H62IN3O10. The predicted octanol–water partition coefficient (Wildman–Crippen LogP) is 2.85. The van der Waals surface area contributed by atoms with Crippen molar-refractivity contribution in [2.75, 3.05) is 47.9 Å². The number of rotatable bonds is 11. The van der Waals surface area contributed by atoms with Crippen LogP contribution >= 0.6 is 22.6 Å². The molecule has 2 rings (SSSR count). The number of oxime groups is 1. The number of terminal acetylenes is 1. The number of methoxy groups -OCH3 is 1. The summed E-state index contributed by atoms with van der Waals surface area (Å²) >= 11 is 1.76. The summed E-state index contributed by atoms with van der Waals surface area (Å²) in [5, 5.41) is 39.1. The number of esters is 1. The van der Waals surface area contributed by atoms with Gasteiger partial charge < -0.3 is 44.0 Å².